The summed E-state index contributed by atoms with van der Waals surface area (Å²) in [6.45, 7) is 7.93. The zero-order valence-electron chi connectivity index (χ0n) is 12.7. The molecule has 1 unspecified atom stereocenters. The second kappa shape index (κ2) is 6.56. The van der Waals surface area contributed by atoms with Gasteiger partial charge in [0.1, 0.15) is 0 Å². The normalized spacial score (nSPS) is 25.7. The second-order valence-corrected chi connectivity index (χ2v) is 6.83. The summed E-state index contributed by atoms with van der Waals surface area (Å²) >= 11 is 0. The van der Waals surface area contributed by atoms with Crippen LogP contribution in [0, 0.1) is 17.8 Å². The van der Waals surface area contributed by atoms with E-state index in [9.17, 15) is 0 Å². The van der Waals surface area contributed by atoms with Crippen LogP contribution in [0.3, 0.4) is 0 Å². The molecule has 0 bridgehead atoms. The Balaban J connectivity index is 1.95. The molecule has 0 aliphatic heterocycles. The van der Waals surface area contributed by atoms with Crippen LogP contribution < -0.4 is 5.73 Å². The summed E-state index contributed by atoms with van der Waals surface area (Å²) in [6, 6.07) is 0.130. The molecular formula is C16H29N3. The van der Waals surface area contributed by atoms with Gasteiger partial charge in [-0.15, -0.1) is 0 Å². The van der Waals surface area contributed by atoms with Crippen LogP contribution in [0.5, 0.6) is 0 Å². The van der Waals surface area contributed by atoms with Gasteiger partial charge in [0, 0.05) is 18.8 Å². The SMILES string of the molecule is CC(C)CC(N)c1cncn1CC1CCC(C)CC1. The predicted molar refractivity (Wildman–Crippen MR) is 79.7 cm³/mol. The van der Waals surface area contributed by atoms with Gasteiger partial charge in [-0.05, 0) is 37.0 Å². The summed E-state index contributed by atoms with van der Waals surface area (Å²) in [5.74, 6) is 2.37. The summed E-state index contributed by atoms with van der Waals surface area (Å²) in [4.78, 5) is 4.31. The van der Waals surface area contributed by atoms with Crippen molar-refractivity contribution in [3.05, 3.63) is 18.2 Å². The molecule has 0 radical (unpaired) electrons. The number of nitrogens with zero attached hydrogens (tertiary/aromatic N) is 2. The van der Waals surface area contributed by atoms with E-state index in [0.717, 1.165) is 24.8 Å². The van der Waals surface area contributed by atoms with Gasteiger partial charge in [-0.2, -0.15) is 0 Å². The predicted octanol–water partition coefficient (Wildman–Crippen LogP) is 3.76. The Labute approximate surface area is 117 Å². The van der Waals surface area contributed by atoms with Crippen LogP contribution in [-0.4, -0.2) is 9.55 Å². The molecule has 1 aromatic rings. The Kier molecular flexibility index (Phi) is 5.03. The monoisotopic (exact) mass is 263 g/mol. The van der Waals surface area contributed by atoms with Crippen LogP contribution in [0.1, 0.15) is 64.6 Å². The molecule has 1 fully saturated rings. The van der Waals surface area contributed by atoms with Gasteiger partial charge in [0.05, 0.1) is 12.0 Å². The first-order valence-electron chi connectivity index (χ1n) is 7.81. The molecule has 2 rings (SSSR count). The Morgan fingerprint density at radius 2 is 2.00 bits per heavy atom. The first-order chi connectivity index (χ1) is 9.06. The summed E-state index contributed by atoms with van der Waals surface area (Å²) in [6.07, 6.45) is 10.4. The first kappa shape index (κ1) is 14.6. The van der Waals surface area contributed by atoms with Gasteiger partial charge in [0.25, 0.3) is 0 Å². The lowest BCUT2D eigenvalue weighted by Gasteiger charge is -2.27. The molecule has 0 amide bonds. The van der Waals surface area contributed by atoms with Gasteiger partial charge >= 0.3 is 0 Å². The van der Waals surface area contributed by atoms with E-state index in [1.54, 1.807) is 0 Å². The molecule has 0 spiro atoms. The molecule has 19 heavy (non-hydrogen) atoms. The molecule has 0 saturated heterocycles. The molecule has 1 heterocycles. The molecule has 108 valence electrons. The van der Waals surface area contributed by atoms with Crippen molar-refractivity contribution >= 4 is 0 Å². The van der Waals surface area contributed by atoms with Crippen molar-refractivity contribution in [2.75, 3.05) is 0 Å². The molecule has 2 N–H and O–H groups in total. The van der Waals surface area contributed by atoms with Gasteiger partial charge in [-0.25, -0.2) is 4.98 Å². The van der Waals surface area contributed by atoms with Gasteiger partial charge in [0.15, 0.2) is 0 Å². The molecule has 1 aromatic heterocycles. The van der Waals surface area contributed by atoms with E-state index in [1.165, 1.54) is 31.4 Å². The average molecular weight is 263 g/mol. The highest BCUT2D eigenvalue weighted by Crippen LogP contribution is 2.30. The van der Waals surface area contributed by atoms with Crippen molar-refractivity contribution in [1.82, 2.24) is 9.55 Å². The fourth-order valence-corrected chi connectivity index (χ4v) is 3.21. The van der Waals surface area contributed by atoms with E-state index < -0.39 is 0 Å². The second-order valence-electron chi connectivity index (χ2n) is 6.83. The molecule has 3 nitrogen and oxygen atoms in total. The third-order valence-corrected chi connectivity index (χ3v) is 4.44. The standard InChI is InChI=1S/C16H29N3/c1-12(2)8-15(17)16-9-18-11-19(16)10-14-6-4-13(3)5-7-14/h9,11-15H,4-8,10,17H2,1-3H3. The Hall–Kier alpha value is -0.830. The molecule has 3 heteroatoms. The molecular weight excluding hydrogens is 234 g/mol. The molecule has 1 aliphatic rings. The van der Waals surface area contributed by atoms with E-state index in [4.69, 9.17) is 5.73 Å². The smallest absolute Gasteiger partial charge is 0.0948 e. The fraction of sp³-hybridized carbons (Fsp3) is 0.812. The number of hydrogen-bond acceptors (Lipinski definition) is 2. The number of rotatable bonds is 5. The number of aromatic nitrogens is 2. The molecule has 0 aromatic carbocycles. The number of hydrogen-bond donors (Lipinski definition) is 1. The highest BCUT2D eigenvalue weighted by Gasteiger charge is 2.20. The first-order valence-corrected chi connectivity index (χ1v) is 7.81. The lowest BCUT2D eigenvalue weighted by molar-refractivity contribution is 0.261. The average Bonchev–Trinajstić information content (AvgIpc) is 2.79. The van der Waals surface area contributed by atoms with E-state index in [-0.39, 0.29) is 6.04 Å². The number of nitrogens with two attached hydrogens (primary N) is 1. The van der Waals surface area contributed by atoms with Gasteiger partial charge in [0.2, 0.25) is 0 Å². The molecule has 1 atom stereocenters. The third-order valence-electron chi connectivity index (χ3n) is 4.44. The van der Waals surface area contributed by atoms with Crippen molar-refractivity contribution in [2.45, 2.75) is 65.5 Å². The Morgan fingerprint density at radius 1 is 1.32 bits per heavy atom. The zero-order valence-corrected chi connectivity index (χ0v) is 12.7. The lowest BCUT2D eigenvalue weighted by Crippen LogP contribution is -2.22. The maximum absolute atomic E-state index is 6.31. The topological polar surface area (TPSA) is 43.8 Å². The van der Waals surface area contributed by atoms with E-state index in [2.05, 4.69) is 30.3 Å². The van der Waals surface area contributed by atoms with Crippen LogP contribution >= 0.6 is 0 Å². The van der Waals surface area contributed by atoms with Crippen molar-refractivity contribution in [1.29, 1.82) is 0 Å². The fourth-order valence-electron chi connectivity index (χ4n) is 3.21. The van der Waals surface area contributed by atoms with Crippen molar-refractivity contribution < 1.29 is 0 Å². The van der Waals surface area contributed by atoms with Crippen molar-refractivity contribution in [3.8, 4) is 0 Å². The summed E-state index contributed by atoms with van der Waals surface area (Å²) < 4.78 is 2.30. The lowest BCUT2D eigenvalue weighted by atomic mass is 9.83. The van der Waals surface area contributed by atoms with Crippen LogP contribution in [0.4, 0.5) is 0 Å². The molecule has 1 saturated carbocycles. The van der Waals surface area contributed by atoms with Crippen molar-refractivity contribution in [2.24, 2.45) is 23.5 Å². The highest BCUT2D eigenvalue weighted by molar-refractivity contribution is 5.05. The van der Waals surface area contributed by atoms with Crippen molar-refractivity contribution in [3.63, 3.8) is 0 Å². The summed E-state index contributed by atoms with van der Waals surface area (Å²) in [5.41, 5.74) is 7.52. The van der Waals surface area contributed by atoms with Gasteiger partial charge in [-0.1, -0.05) is 33.6 Å². The number of imidazole rings is 1. The van der Waals surface area contributed by atoms with E-state index in [0.29, 0.717) is 5.92 Å². The largest absolute Gasteiger partial charge is 0.333 e. The summed E-state index contributed by atoms with van der Waals surface area (Å²) in [7, 11) is 0. The van der Waals surface area contributed by atoms with Gasteiger partial charge in [-0.3, -0.25) is 0 Å². The quantitative estimate of drug-likeness (QED) is 0.879. The van der Waals surface area contributed by atoms with E-state index in [1.807, 2.05) is 12.5 Å². The zero-order chi connectivity index (χ0) is 13.8. The minimum atomic E-state index is 0.130. The maximum Gasteiger partial charge on any atom is 0.0948 e. The van der Waals surface area contributed by atoms with Gasteiger partial charge < -0.3 is 10.3 Å². The highest BCUT2D eigenvalue weighted by atomic mass is 15.1. The minimum Gasteiger partial charge on any atom is -0.333 e. The van der Waals surface area contributed by atoms with Crippen LogP contribution in [0.2, 0.25) is 0 Å². The Morgan fingerprint density at radius 3 is 2.63 bits per heavy atom. The van der Waals surface area contributed by atoms with Crippen LogP contribution in [-0.2, 0) is 6.54 Å². The minimum absolute atomic E-state index is 0.130. The van der Waals surface area contributed by atoms with Crippen LogP contribution in [0.15, 0.2) is 12.5 Å². The van der Waals surface area contributed by atoms with Crippen LogP contribution in [0.25, 0.3) is 0 Å². The Bertz CT molecular complexity index is 375. The molecule has 1 aliphatic carbocycles. The maximum atomic E-state index is 6.31. The summed E-state index contributed by atoms with van der Waals surface area (Å²) in [5, 5.41) is 0. The van der Waals surface area contributed by atoms with E-state index >= 15 is 0 Å². The third kappa shape index (κ3) is 4.07.